The number of rotatable bonds is 2. The second kappa shape index (κ2) is 5.56. The molecule has 0 aliphatic rings. The smallest absolute Gasteiger partial charge is 0.266 e. The lowest BCUT2D eigenvalue weighted by molar-refractivity contribution is 1.22. The second-order valence-electron chi connectivity index (χ2n) is 5.15. The summed E-state index contributed by atoms with van der Waals surface area (Å²) < 4.78 is 0. The molecule has 0 saturated carbocycles. The highest BCUT2D eigenvalue weighted by Crippen LogP contribution is 2.34. The molecule has 0 spiro atoms. The summed E-state index contributed by atoms with van der Waals surface area (Å²) in [5.41, 5.74) is 2.30. The quantitative estimate of drug-likeness (QED) is 0.746. The highest BCUT2D eigenvalue weighted by molar-refractivity contribution is 7.15. The van der Waals surface area contributed by atoms with Gasteiger partial charge < -0.3 is 4.98 Å². The van der Waals surface area contributed by atoms with Crippen LogP contribution in [0.4, 0.5) is 0 Å². The summed E-state index contributed by atoms with van der Waals surface area (Å²) in [6, 6.07) is 10.0. The molecule has 3 rings (SSSR count). The average Bonchev–Trinajstić information content (AvgIpc) is 3.03. The average molecular weight is 326 g/mol. The first kappa shape index (κ1) is 14.8. The van der Waals surface area contributed by atoms with Gasteiger partial charge in [0, 0.05) is 20.2 Å². The molecule has 110 valence electrons. The molecule has 3 aromatic rings. The van der Waals surface area contributed by atoms with Crippen LogP contribution in [0.2, 0.25) is 0 Å². The van der Waals surface area contributed by atoms with Crippen molar-refractivity contribution < 1.29 is 0 Å². The molecule has 0 aliphatic carbocycles. The third-order valence-electron chi connectivity index (χ3n) is 3.48. The molecular formula is C17H14N2OS2. The number of H-pyrrole nitrogens is 1. The molecule has 3 aromatic heterocycles. The molecule has 0 amide bonds. The molecule has 0 radical (unpaired) electrons. The molecule has 0 unspecified atom stereocenters. The number of aromatic amines is 1. The number of pyridine rings is 1. The predicted molar refractivity (Wildman–Crippen MR) is 92.6 cm³/mol. The predicted octanol–water partition coefficient (Wildman–Crippen LogP) is 4.63. The van der Waals surface area contributed by atoms with Crippen LogP contribution in [-0.2, 0) is 0 Å². The van der Waals surface area contributed by atoms with E-state index in [1.165, 1.54) is 9.75 Å². The summed E-state index contributed by atoms with van der Waals surface area (Å²) >= 11 is 3.30. The summed E-state index contributed by atoms with van der Waals surface area (Å²) in [5, 5.41) is 9.36. The van der Waals surface area contributed by atoms with Crippen LogP contribution in [0.25, 0.3) is 21.7 Å². The van der Waals surface area contributed by atoms with E-state index < -0.39 is 0 Å². The van der Waals surface area contributed by atoms with Gasteiger partial charge >= 0.3 is 0 Å². The highest BCUT2D eigenvalue weighted by Gasteiger charge is 2.16. The van der Waals surface area contributed by atoms with Crippen molar-refractivity contribution in [3.63, 3.8) is 0 Å². The number of nitrogens with one attached hydrogen (secondary N) is 1. The van der Waals surface area contributed by atoms with Crippen LogP contribution >= 0.6 is 22.7 Å². The van der Waals surface area contributed by atoms with Gasteiger partial charge in [0.05, 0.1) is 10.6 Å². The number of nitriles is 1. The van der Waals surface area contributed by atoms with Gasteiger partial charge in [0.15, 0.2) is 0 Å². The fourth-order valence-corrected chi connectivity index (χ4v) is 4.27. The van der Waals surface area contributed by atoms with Gasteiger partial charge in [-0.2, -0.15) is 5.26 Å². The summed E-state index contributed by atoms with van der Waals surface area (Å²) in [5.74, 6) is 0. The number of aryl methyl sites for hydroxylation is 3. The van der Waals surface area contributed by atoms with Crippen LogP contribution in [0, 0.1) is 32.1 Å². The number of thiophene rings is 2. The van der Waals surface area contributed by atoms with E-state index in [0.717, 1.165) is 21.0 Å². The molecule has 3 heterocycles. The normalized spacial score (nSPS) is 10.6. The Morgan fingerprint density at radius 2 is 1.82 bits per heavy atom. The maximum Gasteiger partial charge on any atom is 0.266 e. The first-order valence-corrected chi connectivity index (χ1v) is 8.44. The fraction of sp³-hybridized carbons (Fsp3) is 0.176. The molecule has 0 aliphatic heterocycles. The summed E-state index contributed by atoms with van der Waals surface area (Å²) in [6.07, 6.45) is 0. The molecule has 0 bridgehead atoms. The maximum atomic E-state index is 12.3. The SMILES string of the molecule is Cc1ccc(-c2cc(-c3cc(C)sc3C)c(C#N)c(=O)[nH]2)s1. The Balaban J connectivity index is 2.29. The van der Waals surface area contributed by atoms with Crippen LogP contribution in [-0.4, -0.2) is 4.98 Å². The largest absolute Gasteiger partial charge is 0.320 e. The van der Waals surface area contributed by atoms with E-state index in [-0.39, 0.29) is 11.1 Å². The Morgan fingerprint density at radius 1 is 1.05 bits per heavy atom. The van der Waals surface area contributed by atoms with Crippen LogP contribution in [0.5, 0.6) is 0 Å². The van der Waals surface area contributed by atoms with Crippen molar-refractivity contribution in [1.29, 1.82) is 5.26 Å². The van der Waals surface area contributed by atoms with Crippen molar-refractivity contribution in [2.24, 2.45) is 0 Å². The minimum absolute atomic E-state index is 0.179. The highest BCUT2D eigenvalue weighted by atomic mass is 32.1. The van der Waals surface area contributed by atoms with E-state index in [9.17, 15) is 10.1 Å². The Hall–Kier alpha value is -2.16. The molecule has 5 heteroatoms. The molecule has 0 aromatic carbocycles. The first-order valence-electron chi connectivity index (χ1n) is 6.81. The minimum atomic E-state index is -0.329. The Bertz CT molecular complexity index is 954. The first-order chi connectivity index (χ1) is 10.5. The van der Waals surface area contributed by atoms with Crippen LogP contribution < -0.4 is 5.56 Å². The van der Waals surface area contributed by atoms with E-state index >= 15 is 0 Å². The lowest BCUT2D eigenvalue weighted by Gasteiger charge is -2.06. The molecule has 0 saturated heterocycles. The van der Waals surface area contributed by atoms with E-state index in [1.807, 2.05) is 51.1 Å². The van der Waals surface area contributed by atoms with Gasteiger partial charge in [0.25, 0.3) is 5.56 Å². The van der Waals surface area contributed by atoms with Crippen molar-refractivity contribution in [1.82, 2.24) is 4.98 Å². The number of hydrogen-bond acceptors (Lipinski definition) is 4. The van der Waals surface area contributed by atoms with Crippen molar-refractivity contribution in [3.8, 4) is 27.8 Å². The number of aromatic nitrogens is 1. The number of hydrogen-bond donors (Lipinski definition) is 1. The standard InChI is InChI=1S/C17H14N2OS2/c1-9-4-5-16(22-9)15-7-13(14(8-18)17(20)19-15)12-6-10(2)21-11(12)3/h4-7H,1-3H3,(H,19,20). The Kier molecular flexibility index (Phi) is 3.73. The molecule has 0 atom stereocenters. The molecule has 0 fully saturated rings. The van der Waals surface area contributed by atoms with Crippen molar-refractivity contribution >= 4 is 22.7 Å². The zero-order valence-electron chi connectivity index (χ0n) is 12.5. The molecular weight excluding hydrogens is 312 g/mol. The zero-order chi connectivity index (χ0) is 15.9. The van der Waals surface area contributed by atoms with Gasteiger partial charge in [-0.1, -0.05) is 0 Å². The minimum Gasteiger partial charge on any atom is -0.320 e. The monoisotopic (exact) mass is 326 g/mol. The van der Waals surface area contributed by atoms with Gasteiger partial charge in [0.1, 0.15) is 11.6 Å². The van der Waals surface area contributed by atoms with Crippen molar-refractivity contribution in [2.45, 2.75) is 20.8 Å². The third-order valence-corrected chi connectivity index (χ3v) is 5.48. The molecule has 22 heavy (non-hydrogen) atoms. The van der Waals surface area contributed by atoms with E-state index in [4.69, 9.17) is 0 Å². The Morgan fingerprint density at radius 3 is 2.36 bits per heavy atom. The molecule has 3 nitrogen and oxygen atoms in total. The summed E-state index contributed by atoms with van der Waals surface area (Å²) in [4.78, 5) is 19.6. The maximum absolute atomic E-state index is 12.3. The summed E-state index contributed by atoms with van der Waals surface area (Å²) in [7, 11) is 0. The molecule has 1 N–H and O–H groups in total. The van der Waals surface area contributed by atoms with E-state index in [2.05, 4.69) is 4.98 Å². The van der Waals surface area contributed by atoms with Crippen molar-refractivity contribution in [2.75, 3.05) is 0 Å². The lowest BCUT2D eigenvalue weighted by atomic mass is 10.0. The fourth-order valence-electron chi connectivity index (χ4n) is 2.49. The van der Waals surface area contributed by atoms with Crippen molar-refractivity contribution in [3.05, 3.63) is 54.8 Å². The lowest BCUT2D eigenvalue weighted by Crippen LogP contribution is -2.12. The van der Waals surface area contributed by atoms with Gasteiger partial charge in [-0.05, 0) is 50.6 Å². The Labute approximate surface area is 136 Å². The van der Waals surface area contributed by atoms with Gasteiger partial charge in [-0.25, -0.2) is 0 Å². The topological polar surface area (TPSA) is 56.6 Å². The zero-order valence-corrected chi connectivity index (χ0v) is 14.1. The van der Waals surface area contributed by atoms with Gasteiger partial charge in [-0.3, -0.25) is 4.79 Å². The van der Waals surface area contributed by atoms with Crippen LogP contribution in [0.3, 0.4) is 0 Å². The van der Waals surface area contributed by atoms with Crippen LogP contribution in [0.15, 0.2) is 29.1 Å². The second-order valence-corrected chi connectivity index (χ2v) is 7.90. The third kappa shape index (κ3) is 2.52. The van der Waals surface area contributed by atoms with E-state index in [1.54, 1.807) is 22.7 Å². The van der Waals surface area contributed by atoms with E-state index in [0.29, 0.717) is 5.56 Å². The van der Waals surface area contributed by atoms with Gasteiger partial charge in [-0.15, -0.1) is 22.7 Å². The number of nitrogens with zero attached hydrogens (tertiary/aromatic N) is 1. The van der Waals surface area contributed by atoms with Gasteiger partial charge in [0.2, 0.25) is 0 Å². The van der Waals surface area contributed by atoms with Crippen LogP contribution in [0.1, 0.15) is 20.2 Å². The summed E-state index contributed by atoms with van der Waals surface area (Å²) in [6.45, 7) is 6.08.